The third-order valence-electron chi connectivity index (χ3n) is 5.89. The van der Waals surface area contributed by atoms with Crippen LogP contribution in [-0.4, -0.2) is 13.1 Å². The van der Waals surface area contributed by atoms with Crippen molar-refractivity contribution in [2.24, 2.45) is 23.2 Å². The molecule has 1 heteroatoms. The molecule has 4 bridgehead atoms. The molecule has 4 aliphatic rings. The summed E-state index contributed by atoms with van der Waals surface area (Å²) in [5.41, 5.74) is 0.753. The molecule has 0 heterocycles. The first-order valence-corrected chi connectivity index (χ1v) is 8.43. The van der Waals surface area contributed by atoms with E-state index in [4.69, 9.17) is 5.32 Å². The second kappa shape index (κ2) is 5.53. The van der Waals surface area contributed by atoms with Gasteiger partial charge in [-0.1, -0.05) is 32.6 Å². The molecule has 104 valence electrons. The summed E-state index contributed by atoms with van der Waals surface area (Å²) in [4.78, 5) is 0. The summed E-state index contributed by atoms with van der Waals surface area (Å²) in [6.07, 6.45) is 14.8. The van der Waals surface area contributed by atoms with Gasteiger partial charge in [-0.25, -0.2) is 0 Å². The normalized spacial score (nSPS) is 41.5. The molecule has 4 fully saturated rings. The third-order valence-corrected chi connectivity index (χ3v) is 5.89. The zero-order chi connectivity index (χ0) is 12.4. The average molecular weight is 248 g/mol. The Hall–Kier alpha value is -0.0400. The maximum atomic E-state index is 4.78. The largest absolute Gasteiger partial charge is 0.662 e. The summed E-state index contributed by atoms with van der Waals surface area (Å²) in [6, 6.07) is 0. The van der Waals surface area contributed by atoms with Gasteiger partial charge in [-0.15, -0.1) is 13.1 Å². The first-order valence-electron chi connectivity index (χ1n) is 8.43. The van der Waals surface area contributed by atoms with Crippen molar-refractivity contribution >= 4 is 0 Å². The van der Waals surface area contributed by atoms with Gasteiger partial charge >= 0.3 is 0 Å². The van der Waals surface area contributed by atoms with Crippen molar-refractivity contribution in [2.45, 2.75) is 71.1 Å². The van der Waals surface area contributed by atoms with Crippen LogP contribution in [0.5, 0.6) is 0 Å². The molecule has 0 atom stereocenters. The maximum absolute atomic E-state index is 4.78. The summed E-state index contributed by atoms with van der Waals surface area (Å²) in [5.74, 6) is 3.32. The summed E-state index contributed by atoms with van der Waals surface area (Å²) in [5, 5.41) is 4.78. The van der Waals surface area contributed by atoms with E-state index in [1.54, 1.807) is 38.5 Å². The Bertz CT molecular complexity index is 235. The topological polar surface area (TPSA) is 14.1 Å². The maximum Gasteiger partial charge on any atom is -0.0306 e. The summed E-state index contributed by atoms with van der Waals surface area (Å²) < 4.78 is 0. The Morgan fingerprint density at radius 1 is 0.889 bits per heavy atom. The molecule has 0 saturated heterocycles. The number of hydrogen-bond donors (Lipinski definition) is 0. The average Bonchev–Trinajstić information content (AvgIpc) is 2.32. The van der Waals surface area contributed by atoms with Crippen LogP contribution in [0.1, 0.15) is 71.1 Å². The van der Waals surface area contributed by atoms with Crippen LogP contribution in [0.15, 0.2) is 0 Å². The van der Waals surface area contributed by atoms with E-state index < -0.39 is 0 Å². The molecule has 4 saturated carbocycles. The van der Waals surface area contributed by atoms with Crippen LogP contribution in [0, 0.1) is 23.2 Å². The minimum absolute atomic E-state index is 0.753. The van der Waals surface area contributed by atoms with Crippen LogP contribution < -0.4 is 0 Å². The minimum Gasteiger partial charge on any atom is -0.662 e. The van der Waals surface area contributed by atoms with E-state index in [1.807, 2.05) is 0 Å². The molecule has 18 heavy (non-hydrogen) atoms. The van der Waals surface area contributed by atoms with E-state index in [2.05, 4.69) is 6.92 Å². The van der Waals surface area contributed by atoms with Gasteiger partial charge in [0, 0.05) is 0 Å². The number of nitrogens with zero attached hydrogens (tertiary/aromatic N) is 1. The molecule has 0 spiro atoms. The minimum atomic E-state index is 0.753. The fourth-order valence-corrected chi connectivity index (χ4v) is 5.50. The number of rotatable bonds is 7. The molecule has 0 aliphatic heterocycles. The monoisotopic (exact) mass is 248 g/mol. The van der Waals surface area contributed by atoms with Crippen LogP contribution in [0.25, 0.3) is 5.32 Å². The fraction of sp³-hybridized carbons (Fsp3) is 1.00. The van der Waals surface area contributed by atoms with Gasteiger partial charge in [-0.2, -0.15) is 0 Å². The molecule has 0 amide bonds. The van der Waals surface area contributed by atoms with Crippen molar-refractivity contribution in [1.29, 1.82) is 0 Å². The van der Waals surface area contributed by atoms with Crippen molar-refractivity contribution in [2.75, 3.05) is 13.1 Å². The van der Waals surface area contributed by atoms with Gasteiger partial charge in [0.15, 0.2) is 0 Å². The van der Waals surface area contributed by atoms with Gasteiger partial charge < -0.3 is 5.32 Å². The van der Waals surface area contributed by atoms with Crippen LogP contribution >= 0.6 is 0 Å². The molecule has 0 aromatic carbocycles. The van der Waals surface area contributed by atoms with Gasteiger partial charge in [0.05, 0.1) is 0 Å². The van der Waals surface area contributed by atoms with Crippen LogP contribution in [-0.2, 0) is 0 Å². The van der Waals surface area contributed by atoms with Crippen molar-refractivity contribution in [3.63, 3.8) is 0 Å². The highest BCUT2D eigenvalue weighted by Crippen LogP contribution is 2.61. The molecule has 4 aliphatic carbocycles. The van der Waals surface area contributed by atoms with E-state index in [9.17, 15) is 0 Å². The van der Waals surface area contributed by atoms with Crippen LogP contribution in [0.2, 0.25) is 0 Å². The molecule has 0 N–H and O–H groups in total. The second-order valence-electron chi connectivity index (χ2n) is 7.55. The first-order chi connectivity index (χ1) is 8.80. The molecule has 0 unspecified atom stereocenters. The zero-order valence-corrected chi connectivity index (χ0v) is 12.2. The Labute approximate surface area is 113 Å². The highest BCUT2D eigenvalue weighted by Gasteiger charge is 2.49. The summed E-state index contributed by atoms with van der Waals surface area (Å²) >= 11 is 0. The predicted octanol–water partition coefficient (Wildman–Crippen LogP) is 5.16. The van der Waals surface area contributed by atoms with Gasteiger partial charge in [-0.05, 0) is 61.7 Å². The quantitative estimate of drug-likeness (QED) is 0.553. The fourth-order valence-electron chi connectivity index (χ4n) is 5.50. The van der Waals surface area contributed by atoms with Gasteiger partial charge in [0.25, 0.3) is 0 Å². The lowest BCUT2D eigenvalue weighted by Crippen LogP contribution is -2.46. The van der Waals surface area contributed by atoms with Crippen LogP contribution in [0.4, 0.5) is 0 Å². The Balaban J connectivity index is 1.42. The van der Waals surface area contributed by atoms with E-state index in [0.717, 1.165) is 36.3 Å². The van der Waals surface area contributed by atoms with Crippen molar-refractivity contribution in [3.8, 4) is 0 Å². The van der Waals surface area contributed by atoms with Gasteiger partial charge in [0.1, 0.15) is 0 Å². The molecule has 0 radical (unpaired) electrons. The number of hydrogen-bond acceptors (Lipinski definition) is 0. The SMILES string of the molecule is CCCCC[N-]CCC12CC3CC(CC(C3)C1)C2. The first kappa shape index (κ1) is 13.0. The van der Waals surface area contributed by atoms with Crippen LogP contribution in [0.3, 0.4) is 0 Å². The van der Waals surface area contributed by atoms with Crippen molar-refractivity contribution in [3.05, 3.63) is 5.32 Å². The standard InChI is InChI=1S/C17H30N/c1-2-3-4-6-18-7-5-17-11-14-8-15(12-17)10-16(9-14)13-17/h14-16H,2-13H2,1H3/q-1. The van der Waals surface area contributed by atoms with E-state index in [1.165, 1.54) is 25.7 Å². The van der Waals surface area contributed by atoms with E-state index in [0.29, 0.717) is 0 Å². The van der Waals surface area contributed by atoms with Gasteiger partial charge in [0.2, 0.25) is 0 Å². The lowest BCUT2D eigenvalue weighted by atomic mass is 9.49. The van der Waals surface area contributed by atoms with Crippen molar-refractivity contribution in [1.82, 2.24) is 0 Å². The third kappa shape index (κ3) is 2.76. The zero-order valence-electron chi connectivity index (χ0n) is 12.2. The number of unbranched alkanes of at least 4 members (excludes halogenated alkanes) is 2. The van der Waals surface area contributed by atoms with E-state index in [-0.39, 0.29) is 0 Å². The molecule has 4 rings (SSSR count). The van der Waals surface area contributed by atoms with E-state index >= 15 is 0 Å². The molecule has 1 nitrogen and oxygen atoms in total. The molecular weight excluding hydrogens is 218 g/mol. The lowest BCUT2D eigenvalue weighted by Gasteiger charge is -2.57. The Kier molecular flexibility index (Phi) is 3.98. The summed E-state index contributed by atoms with van der Waals surface area (Å²) in [6.45, 7) is 4.56. The molecular formula is C17H30N-. The van der Waals surface area contributed by atoms with Gasteiger partial charge in [-0.3, -0.25) is 0 Å². The smallest absolute Gasteiger partial charge is 0.0306 e. The van der Waals surface area contributed by atoms with Crippen molar-refractivity contribution < 1.29 is 0 Å². The highest BCUT2D eigenvalue weighted by molar-refractivity contribution is 5.02. The Morgan fingerprint density at radius 2 is 1.50 bits per heavy atom. The highest BCUT2D eigenvalue weighted by atomic mass is 14.8. The summed E-state index contributed by atoms with van der Waals surface area (Å²) in [7, 11) is 0. The second-order valence-corrected chi connectivity index (χ2v) is 7.55. The predicted molar refractivity (Wildman–Crippen MR) is 77.8 cm³/mol. The molecule has 0 aromatic rings. The lowest BCUT2D eigenvalue weighted by molar-refractivity contribution is -0.0550. The Morgan fingerprint density at radius 3 is 2.06 bits per heavy atom. The molecule has 0 aromatic heterocycles.